The molecule has 2 aromatic carbocycles. The largest absolute Gasteiger partial charge is 0.416 e. The van der Waals surface area contributed by atoms with Crippen molar-refractivity contribution in [3.63, 3.8) is 0 Å². The molecule has 0 unspecified atom stereocenters. The van der Waals surface area contributed by atoms with Gasteiger partial charge in [-0.15, -0.1) is 11.8 Å². The van der Waals surface area contributed by atoms with Crippen LogP contribution in [0.3, 0.4) is 0 Å². The molecule has 0 atom stereocenters. The highest BCUT2D eigenvalue weighted by Crippen LogP contribution is 2.37. The van der Waals surface area contributed by atoms with E-state index in [1.807, 2.05) is 11.0 Å². The van der Waals surface area contributed by atoms with Gasteiger partial charge in [-0.3, -0.25) is 0 Å². The third-order valence-corrected chi connectivity index (χ3v) is 5.62. The molecule has 0 fully saturated rings. The van der Waals surface area contributed by atoms with Crippen LogP contribution in [0, 0.1) is 0 Å². The van der Waals surface area contributed by atoms with Gasteiger partial charge in [-0.05, 0) is 42.2 Å². The van der Waals surface area contributed by atoms with E-state index in [-0.39, 0.29) is 24.7 Å². The third kappa shape index (κ3) is 5.63. The van der Waals surface area contributed by atoms with Crippen LogP contribution in [0.15, 0.2) is 52.3 Å². The van der Waals surface area contributed by atoms with Gasteiger partial charge in [0, 0.05) is 11.4 Å². The summed E-state index contributed by atoms with van der Waals surface area (Å²) >= 11 is 1.45. The molecule has 27 heavy (non-hydrogen) atoms. The van der Waals surface area contributed by atoms with E-state index in [2.05, 4.69) is 0 Å². The Morgan fingerprint density at radius 1 is 0.889 bits per heavy atom. The minimum atomic E-state index is -5.13. The first-order valence-corrected chi connectivity index (χ1v) is 9.96. The van der Waals surface area contributed by atoms with Crippen LogP contribution in [-0.4, -0.2) is 14.7 Å². The summed E-state index contributed by atoms with van der Waals surface area (Å²) in [6, 6.07) is 6.84. The van der Waals surface area contributed by atoms with Crippen molar-refractivity contribution < 1.29 is 34.8 Å². The molecule has 0 saturated heterocycles. The predicted molar refractivity (Wildman–Crippen MR) is 88.7 cm³/mol. The monoisotopic (exact) mass is 429 g/mol. The van der Waals surface area contributed by atoms with Crippen LogP contribution in [0.25, 0.3) is 0 Å². The SMILES string of the molecule is CSc1ccc(CNS(=O)(=O)c2cc(C(F)(F)F)cc(C(F)(F)F)c2)cc1. The van der Waals surface area contributed by atoms with E-state index in [0.717, 1.165) is 4.90 Å². The summed E-state index contributed by atoms with van der Waals surface area (Å²) in [6.45, 7) is -0.283. The molecule has 2 aromatic rings. The van der Waals surface area contributed by atoms with Crippen molar-refractivity contribution in [2.45, 2.75) is 28.7 Å². The van der Waals surface area contributed by atoms with Crippen LogP contribution in [-0.2, 0) is 28.9 Å². The molecule has 0 radical (unpaired) electrons. The number of rotatable bonds is 5. The van der Waals surface area contributed by atoms with Gasteiger partial charge in [-0.1, -0.05) is 12.1 Å². The van der Waals surface area contributed by atoms with Gasteiger partial charge in [-0.25, -0.2) is 13.1 Å². The summed E-state index contributed by atoms with van der Waals surface area (Å²) in [7, 11) is -4.59. The summed E-state index contributed by atoms with van der Waals surface area (Å²) < 4.78 is 104. The highest BCUT2D eigenvalue weighted by Gasteiger charge is 2.38. The van der Waals surface area contributed by atoms with E-state index in [1.54, 1.807) is 24.3 Å². The molecule has 0 amide bonds. The van der Waals surface area contributed by atoms with E-state index < -0.39 is 38.4 Å². The van der Waals surface area contributed by atoms with Crippen molar-refractivity contribution in [3.8, 4) is 0 Å². The molecule has 0 spiro atoms. The average Bonchev–Trinajstić information content (AvgIpc) is 2.58. The number of hydrogen-bond donors (Lipinski definition) is 1. The molecule has 0 bridgehead atoms. The lowest BCUT2D eigenvalue weighted by Crippen LogP contribution is -2.24. The van der Waals surface area contributed by atoms with Crippen molar-refractivity contribution in [1.82, 2.24) is 4.72 Å². The van der Waals surface area contributed by atoms with Crippen LogP contribution >= 0.6 is 11.8 Å². The topological polar surface area (TPSA) is 46.2 Å². The smallest absolute Gasteiger partial charge is 0.207 e. The molecule has 3 nitrogen and oxygen atoms in total. The lowest BCUT2D eigenvalue weighted by atomic mass is 10.1. The number of sulfonamides is 1. The number of thioether (sulfide) groups is 1. The predicted octanol–water partition coefficient (Wildman–Crippen LogP) is 4.92. The maximum absolute atomic E-state index is 12.9. The van der Waals surface area contributed by atoms with Gasteiger partial charge < -0.3 is 0 Å². The molecular weight excluding hydrogens is 416 g/mol. The molecule has 0 heterocycles. The second kappa shape index (κ2) is 7.72. The standard InChI is InChI=1S/C16H13F6NO2S2/c1-26-13-4-2-10(3-5-13)9-23-27(24,25)14-7-11(15(17,18)19)6-12(8-14)16(20,21)22/h2-8,23H,9H2,1H3. The fourth-order valence-corrected chi connectivity index (χ4v) is 3.58. The van der Waals surface area contributed by atoms with Crippen LogP contribution in [0.5, 0.6) is 0 Å². The van der Waals surface area contributed by atoms with Crippen molar-refractivity contribution in [3.05, 3.63) is 59.2 Å². The second-order valence-electron chi connectivity index (χ2n) is 5.41. The lowest BCUT2D eigenvalue weighted by Gasteiger charge is -2.15. The first-order chi connectivity index (χ1) is 12.3. The summed E-state index contributed by atoms with van der Waals surface area (Å²) in [5, 5.41) is 0. The highest BCUT2D eigenvalue weighted by molar-refractivity contribution is 7.98. The molecule has 1 N–H and O–H groups in total. The van der Waals surface area contributed by atoms with Gasteiger partial charge in [0.2, 0.25) is 10.0 Å². The normalized spacial score (nSPS) is 13.0. The van der Waals surface area contributed by atoms with Gasteiger partial charge in [-0.2, -0.15) is 26.3 Å². The average molecular weight is 429 g/mol. The first-order valence-electron chi connectivity index (χ1n) is 7.25. The van der Waals surface area contributed by atoms with Crippen molar-refractivity contribution in [1.29, 1.82) is 0 Å². The molecule has 11 heteroatoms. The summed E-state index contributed by atoms with van der Waals surface area (Å²) in [5.41, 5.74) is -2.89. The molecule has 0 saturated carbocycles. The van der Waals surface area contributed by atoms with E-state index in [1.165, 1.54) is 11.8 Å². The number of halogens is 6. The third-order valence-electron chi connectivity index (χ3n) is 3.50. The van der Waals surface area contributed by atoms with Crippen LogP contribution in [0.1, 0.15) is 16.7 Å². The van der Waals surface area contributed by atoms with E-state index in [0.29, 0.717) is 5.56 Å². The Labute approximate surface area is 155 Å². The highest BCUT2D eigenvalue weighted by atomic mass is 32.2. The zero-order chi connectivity index (χ0) is 20.5. The molecule has 0 aliphatic heterocycles. The van der Waals surface area contributed by atoms with Crippen molar-refractivity contribution >= 4 is 21.8 Å². The quantitative estimate of drug-likeness (QED) is 0.542. The maximum atomic E-state index is 12.9. The molecule has 0 aromatic heterocycles. The molecule has 148 valence electrons. The fourth-order valence-electron chi connectivity index (χ4n) is 2.09. The van der Waals surface area contributed by atoms with E-state index >= 15 is 0 Å². The maximum Gasteiger partial charge on any atom is 0.416 e. The summed E-state index contributed by atoms with van der Waals surface area (Å²) in [6.07, 6.45) is -8.41. The Hall–Kier alpha value is -1.72. The summed E-state index contributed by atoms with van der Waals surface area (Å²) in [4.78, 5) is -0.195. The fraction of sp³-hybridized carbons (Fsp3) is 0.250. The van der Waals surface area contributed by atoms with Crippen LogP contribution in [0.4, 0.5) is 26.3 Å². The Morgan fingerprint density at radius 3 is 1.78 bits per heavy atom. The Balaban J connectivity index is 2.35. The van der Waals surface area contributed by atoms with Gasteiger partial charge in [0.1, 0.15) is 0 Å². The number of benzene rings is 2. The van der Waals surface area contributed by atoms with Gasteiger partial charge in [0.25, 0.3) is 0 Å². The lowest BCUT2D eigenvalue weighted by molar-refractivity contribution is -0.143. The first kappa shape index (κ1) is 21.6. The zero-order valence-electron chi connectivity index (χ0n) is 13.6. The minimum Gasteiger partial charge on any atom is -0.207 e. The number of alkyl halides is 6. The molecule has 2 rings (SSSR count). The second-order valence-corrected chi connectivity index (χ2v) is 8.06. The van der Waals surface area contributed by atoms with Crippen LogP contribution in [0.2, 0.25) is 0 Å². The van der Waals surface area contributed by atoms with E-state index in [4.69, 9.17) is 0 Å². The van der Waals surface area contributed by atoms with Gasteiger partial charge >= 0.3 is 12.4 Å². The van der Waals surface area contributed by atoms with Gasteiger partial charge in [0.05, 0.1) is 16.0 Å². The number of nitrogens with one attached hydrogen (secondary N) is 1. The van der Waals surface area contributed by atoms with Crippen molar-refractivity contribution in [2.24, 2.45) is 0 Å². The Bertz CT molecular complexity index is 874. The molecular formula is C16H13F6NO2S2. The van der Waals surface area contributed by atoms with Crippen LogP contribution < -0.4 is 4.72 Å². The Morgan fingerprint density at radius 2 is 1.37 bits per heavy atom. The van der Waals surface area contributed by atoms with E-state index in [9.17, 15) is 34.8 Å². The van der Waals surface area contributed by atoms with Crippen molar-refractivity contribution in [2.75, 3.05) is 6.26 Å². The van der Waals surface area contributed by atoms with Gasteiger partial charge in [0.15, 0.2) is 0 Å². The Kier molecular flexibility index (Phi) is 6.17. The molecule has 0 aliphatic carbocycles. The minimum absolute atomic E-state index is 0.125. The summed E-state index contributed by atoms with van der Waals surface area (Å²) in [5.74, 6) is 0. The molecule has 0 aliphatic rings. The zero-order valence-corrected chi connectivity index (χ0v) is 15.3. The number of hydrogen-bond acceptors (Lipinski definition) is 3.